The molecule has 2 aliphatic rings. The van der Waals surface area contributed by atoms with E-state index in [1.165, 1.54) is 0 Å². The lowest BCUT2D eigenvalue weighted by atomic mass is 9.72. The van der Waals surface area contributed by atoms with Gasteiger partial charge in [-0.05, 0) is 47.8 Å². The van der Waals surface area contributed by atoms with Gasteiger partial charge in [0.05, 0.1) is 13.2 Å². The average molecular weight is 550 g/mol. The van der Waals surface area contributed by atoms with Gasteiger partial charge >= 0.3 is 5.97 Å². The Kier molecular flexibility index (Phi) is 9.55. The van der Waals surface area contributed by atoms with E-state index in [-0.39, 0.29) is 29.2 Å². The molecule has 5 atom stereocenters. The second-order valence-electron chi connectivity index (χ2n) is 12.8. The Morgan fingerprint density at radius 2 is 1.82 bits per heavy atom. The SMILES string of the molecule is CCC(C)c1cnc(OC)c(CN[C@H]2[C@H](C(C)(C)C)[C@@H](C(=O)O)N(C(=O)C3CCCCC3)[C@H]2c2ccccc2)c1. The molecule has 218 valence electrons. The third-order valence-corrected chi connectivity index (χ3v) is 9.12. The summed E-state index contributed by atoms with van der Waals surface area (Å²) in [6.07, 6.45) is 7.70. The monoisotopic (exact) mass is 549 g/mol. The Hall–Kier alpha value is -2.93. The van der Waals surface area contributed by atoms with Crippen LogP contribution in [0.4, 0.5) is 0 Å². The van der Waals surface area contributed by atoms with E-state index in [1.807, 2.05) is 36.5 Å². The zero-order valence-corrected chi connectivity index (χ0v) is 25.0. The number of carboxylic acids is 1. The number of aliphatic carboxylic acids is 1. The van der Waals surface area contributed by atoms with Gasteiger partial charge in [0.2, 0.25) is 11.8 Å². The summed E-state index contributed by atoms with van der Waals surface area (Å²) in [5.74, 6) is -0.476. The molecule has 1 aromatic heterocycles. The molecule has 1 aliphatic heterocycles. The lowest BCUT2D eigenvalue weighted by Crippen LogP contribution is -2.49. The number of ether oxygens (including phenoxy) is 1. The summed E-state index contributed by atoms with van der Waals surface area (Å²) in [6.45, 7) is 11.1. The minimum Gasteiger partial charge on any atom is -0.481 e. The first kappa shape index (κ1) is 30.0. The number of benzene rings is 1. The second kappa shape index (κ2) is 12.7. The molecule has 0 radical (unpaired) electrons. The van der Waals surface area contributed by atoms with Crippen LogP contribution in [0.5, 0.6) is 5.88 Å². The molecule has 2 N–H and O–H groups in total. The van der Waals surface area contributed by atoms with Crippen molar-refractivity contribution in [3.05, 3.63) is 59.3 Å². The van der Waals surface area contributed by atoms with E-state index in [0.29, 0.717) is 18.3 Å². The van der Waals surface area contributed by atoms with Gasteiger partial charge in [-0.25, -0.2) is 9.78 Å². The van der Waals surface area contributed by atoms with Gasteiger partial charge < -0.3 is 20.1 Å². The van der Waals surface area contributed by atoms with Crippen LogP contribution in [0.3, 0.4) is 0 Å². The molecule has 2 fully saturated rings. The number of nitrogens with one attached hydrogen (secondary N) is 1. The Balaban J connectivity index is 1.79. The fraction of sp³-hybridized carbons (Fsp3) is 0.606. The largest absolute Gasteiger partial charge is 0.481 e. The van der Waals surface area contributed by atoms with Crippen LogP contribution in [-0.2, 0) is 16.1 Å². The molecule has 1 saturated carbocycles. The number of likely N-dealkylation sites (tertiary alicyclic amines) is 1. The van der Waals surface area contributed by atoms with Gasteiger partial charge in [0.1, 0.15) is 6.04 Å². The van der Waals surface area contributed by atoms with Crippen LogP contribution in [-0.4, -0.2) is 46.1 Å². The van der Waals surface area contributed by atoms with Crippen LogP contribution < -0.4 is 10.1 Å². The summed E-state index contributed by atoms with van der Waals surface area (Å²) < 4.78 is 5.62. The van der Waals surface area contributed by atoms with Crippen molar-refractivity contribution in [2.75, 3.05) is 7.11 Å². The molecular formula is C33H47N3O4. The van der Waals surface area contributed by atoms with Gasteiger partial charge in [-0.15, -0.1) is 0 Å². The predicted molar refractivity (Wildman–Crippen MR) is 157 cm³/mol. The van der Waals surface area contributed by atoms with Crippen LogP contribution in [0.15, 0.2) is 42.6 Å². The van der Waals surface area contributed by atoms with Crippen LogP contribution in [0.1, 0.15) is 102 Å². The summed E-state index contributed by atoms with van der Waals surface area (Å²) >= 11 is 0. The molecule has 4 rings (SSSR count). The highest BCUT2D eigenvalue weighted by Gasteiger charge is 2.58. The first-order valence-corrected chi connectivity index (χ1v) is 14.9. The maximum absolute atomic E-state index is 14.2. The van der Waals surface area contributed by atoms with Crippen molar-refractivity contribution < 1.29 is 19.4 Å². The molecule has 1 saturated heterocycles. The Bertz CT molecular complexity index is 1160. The van der Waals surface area contributed by atoms with Crippen molar-refractivity contribution in [1.29, 1.82) is 0 Å². The minimum absolute atomic E-state index is 0.0162. The van der Waals surface area contributed by atoms with Crippen molar-refractivity contribution in [3.63, 3.8) is 0 Å². The van der Waals surface area contributed by atoms with Gasteiger partial charge in [-0.2, -0.15) is 0 Å². The lowest BCUT2D eigenvalue weighted by Gasteiger charge is -2.36. The van der Waals surface area contributed by atoms with Crippen molar-refractivity contribution in [1.82, 2.24) is 15.2 Å². The van der Waals surface area contributed by atoms with Crippen LogP contribution in [0, 0.1) is 17.3 Å². The topological polar surface area (TPSA) is 91.8 Å². The molecule has 1 amide bonds. The van der Waals surface area contributed by atoms with Crippen molar-refractivity contribution in [2.24, 2.45) is 17.3 Å². The van der Waals surface area contributed by atoms with E-state index in [0.717, 1.165) is 55.2 Å². The molecule has 7 heteroatoms. The molecular weight excluding hydrogens is 502 g/mol. The number of carboxylic acid groups (broad SMARTS) is 1. The van der Waals surface area contributed by atoms with E-state index >= 15 is 0 Å². The maximum Gasteiger partial charge on any atom is 0.326 e. The molecule has 1 aliphatic carbocycles. The highest BCUT2D eigenvalue weighted by Crippen LogP contribution is 2.49. The standard InChI is InChI=1S/C33H47N3O4/c1-7-21(2)24-18-25(30(40-6)35-19-24)20-34-27-26(33(3,4)5)29(32(38)39)36(28(27)22-14-10-8-11-15-22)31(37)23-16-12-9-13-17-23/h8,10-11,14-15,18-19,21,23,26-29,34H,7,9,12-13,16-17,20H2,1-6H3,(H,38,39)/t21?,26-,27-,28-,29-/m0/s1. The van der Waals surface area contributed by atoms with Gasteiger partial charge in [0, 0.05) is 36.2 Å². The zero-order chi connectivity index (χ0) is 29.0. The Morgan fingerprint density at radius 3 is 2.40 bits per heavy atom. The fourth-order valence-corrected chi connectivity index (χ4v) is 6.85. The number of methoxy groups -OCH3 is 1. The average Bonchev–Trinajstić information content (AvgIpc) is 3.32. The van der Waals surface area contributed by atoms with E-state index in [4.69, 9.17) is 4.74 Å². The summed E-state index contributed by atoms with van der Waals surface area (Å²) in [4.78, 5) is 33.6. The van der Waals surface area contributed by atoms with E-state index in [2.05, 4.69) is 51.0 Å². The smallest absolute Gasteiger partial charge is 0.326 e. The fourth-order valence-electron chi connectivity index (χ4n) is 6.85. The first-order chi connectivity index (χ1) is 19.1. The highest BCUT2D eigenvalue weighted by atomic mass is 16.5. The number of carbonyl (C=O) groups excluding carboxylic acids is 1. The highest BCUT2D eigenvalue weighted by molar-refractivity contribution is 5.87. The number of aromatic nitrogens is 1. The van der Waals surface area contributed by atoms with Crippen LogP contribution in [0.25, 0.3) is 0 Å². The predicted octanol–water partition coefficient (Wildman–Crippen LogP) is 6.34. The van der Waals surface area contributed by atoms with Gasteiger partial charge in [0.15, 0.2) is 0 Å². The van der Waals surface area contributed by atoms with E-state index in [1.54, 1.807) is 12.0 Å². The lowest BCUT2D eigenvalue weighted by molar-refractivity contribution is -0.154. The van der Waals surface area contributed by atoms with Crippen molar-refractivity contribution in [3.8, 4) is 5.88 Å². The summed E-state index contributed by atoms with van der Waals surface area (Å²) in [6, 6.07) is 10.5. The molecule has 0 spiro atoms. The van der Waals surface area contributed by atoms with Crippen LogP contribution in [0.2, 0.25) is 0 Å². The molecule has 2 aromatic rings. The maximum atomic E-state index is 14.2. The van der Waals surface area contributed by atoms with Gasteiger partial charge in [-0.1, -0.05) is 84.2 Å². The van der Waals surface area contributed by atoms with Crippen molar-refractivity contribution in [2.45, 2.75) is 104 Å². The second-order valence-corrected chi connectivity index (χ2v) is 12.8. The number of nitrogens with zero attached hydrogens (tertiary/aromatic N) is 2. The third-order valence-electron chi connectivity index (χ3n) is 9.12. The van der Waals surface area contributed by atoms with E-state index < -0.39 is 18.1 Å². The molecule has 0 bridgehead atoms. The Morgan fingerprint density at radius 1 is 1.15 bits per heavy atom. The number of carbonyl (C=O) groups is 2. The molecule has 1 unspecified atom stereocenters. The summed E-state index contributed by atoms with van der Waals surface area (Å²) in [7, 11) is 1.63. The zero-order valence-electron chi connectivity index (χ0n) is 25.0. The van der Waals surface area contributed by atoms with Crippen molar-refractivity contribution >= 4 is 11.9 Å². The van der Waals surface area contributed by atoms with Crippen LogP contribution >= 0.6 is 0 Å². The number of hydrogen-bond donors (Lipinski definition) is 2. The molecule has 2 heterocycles. The number of hydrogen-bond acceptors (Lipinski definition) is 5. The number of pyridine rings is 1. The molecule has 1 aromatic carbocycles. The summed E-state index contributed by atoms with van der Waals surface area (Å²) in [5, 5.41) is 14.4. The minimum atomic E-state index is -0.938. The quantitative estimate of drug-likeness (QED) is 0.379. The Labute approximate surface area is 239 Å². The number of rotatable bonds is 9. The van der Waals surface area contributed by atoms with E-state index in [9.17, 15) is 14.7 Å². The third kappa shape index (κ3) is 6.19. The normalized spacial score (nSPS) is 24.6. The first-order valence-electron chi connectivity index (χ1n) is 14.9. The van der Waals surface area contributed by atoms with Gasteiger partial charge in [0.25, 0.3) is 0 Å². The summed E-state index contributed by atoms with van der Waals surface area (Å²) in [5.41, 5.74) is 2.66. The number of amides is 1. The molecule has 40 heavy (non-hydrogen) atoms. The van der Waals surface area contributed by atoms with Gasteiger partial charge in [-0.3, -0.25) is 4.79 Å². The molecule has 7 nitrogen and oxygen atoms in total.